The van der Waals surface area contributed by atoms with Gasteiger partial charge in [-0.25, -0.2) is 14.3 Å². The Balaban J connectivity index is 2.39. The van der Waals surface area contributed by atoms with Crippen LogP contribution in [0, 0.1) is 3.57 Å². The van der Waals surface area contributed by atoms with Crippen molar-refractivity contribution < 1.29 is 23.8 Å². The molecule has 9 heteroatoms. The second kappa shape index (κ2) is 8.95. The molecule has 1 heterocycles. The highest BCUT2D eigenvalue weighted by atomic mass is 127. The van der Waals surface area contributed by atoms with Crippen LogP contribution in [0.2, 0.25) is 0 Å². The minimum Gasteiger partial charge on any atom is -0.496 e. The summed E-state index contributed by atoms with van der Waals surface area (Å²) in [5.74, 6) is -0.732. The zero-order chi connectivity index (χ0) is 21.1. The van der Waals surface area contributed by atoms with Crippen LogP contribution in [-0.4, -0.2) is 43.0 Å². The quantitative estimate of drug-likeness (QED) is 0.332. The molecule has 0 radical (unpaired) electrons. The lowest BCUT2D eigenvalue weighted by Crippen LogP contribution is -2.15. The van der Waals surface area contributed by atoms with Crippen LogP contribution in [0.4, 0.5) is 0 Å². The Morgan fingerprint density at radius 3 is 2.28 bits per heavy atom. The van der Waals surface area contributed by atoms with E-state index in [1.165, 1.54) is 18.9 Å². The van der Waals surface area contributed by atoms with Crippen molar-refractivity contribution in [2.45, 2.75) is 0 Å². The van der Waals surface area contributed by atoms with Crippen LogP contribution in [0.25, 0.3) is 16.9 Å². The van der Waals surface area contributed by atoms with Gasteiger partial charge in [0.25, 0.3) is 0 Å². The smallest absolute Gasteiger partial charge is 0.357 e. The molecule has 0 aliphatic rings. The van der Waals surface area contributed by atoms with E-state index in [1.54, 1.807) is 25.3 Å². The summed E-state index contributed by atoms with van der Waals surface area (Å²) < 4.78 is 18.1. The van der Waals surface area contributed by atoms with E-state index in [0.29, 0.717) is 21.5 Å². The minimum absolute atomic E-state index is 0.0155. The summed E-state index contributed by atoms with van der Waals surface area (Å²) in [6.45, 7) is 0. The molecule has 2 aromatic carbocycles. The monoisotopic (exact) mass is 570 g/mol. The molecule has 0 N–H and O–H groups in total. The molecular formula is C20H16BrIN2O5. The number of para-hydroxylation sites is 1. The first kappa shape index (κ1) is 21.3. The second-order valence-electron chi connectivity index (χ2n) is 5.77. The van der Waals surface area contributed by atoms with Gasteiger partial charge in [0.15, 0.2) is 5.69 Å². The molecule has 0 spiro atoms. The van der Waals surface area contributed by atoms with E-state index in [9.17, 15) is 9.59 Å². The molecule has 150 valence electrons. The van der Waals surface area contributed by atoms with Crippen molar-refractivity contribution in [3.05, 3.63) is 61.8 Å². The summed E-state index contributed by atoms with van der Waals surface area (Å²) in [6.07, 6.45) is 0. The number of carbonyl (C=O) groups is 2. The molecule has 0 aliphatic carbocycles. The maximum absolute atomic E-state index is 12.7. The van der Waals surface area contributed by atoms with Crippen LogP contribution in [0.5, 0.6) is 5.75 Å². The van der Waals surface area contributed by atoms with Crippen LogP contribution in [0.3, 0.4) is 0 Å². The van der Waals surface area contributed by atoms with E-state index in [2.05, 4.69) is 43.6 Å². The van der Waals surface area contributed by atoms with Crippen molar-refractivity contribution in [1.29, 1.82) is 0 Å². The Morgan fingerprint density at radius 2 is 1.69 bits per heavy atom. The van der Waals surface area contributed by atoms with E-state index in [-0.39, 0.29) is 17.0 Å². The van der Waals surface area contributed by atoms with Gasteiger partial charge in [0.05, 0.1) is 30.6 Å². The van der Waals surface area contributed by atoms with Gasteiger partial charge in [-0.3, -0.25) is 0 Å². The Hall–Kier alpha value is -2.40. The van der Waals surface area contributed by atoms with Gasteiger partial charge >= 0.3 is 11.9 Å². The number of hydrogen-bond donors (Lipinski definition) is 0. The third kappa shape index (κ3) is 4.01. The number of nitrogens with zero attached hydrogens (tertiary/aromatic N) is 2. The molecule has 29 heavy (non-hydrogen) atoms. The number of aromatic nitrogens is 2. The molecule has 0 unspecified atom stereocenters. The fourth-order valence-corrected chi connectivity index (χ4v) is 4.01. The highest BCUT2D eigenvalue weighted by molar-refractivity contribution is 14.1. The molecule has 7 nitrogen and oxygen atoms in total. The maximum atomic E-state index is 12.7. The van der Waals surface area contributed by atoms with Gasteiger partial charge in [-0.15, -0.1) is 0 Å². The summed E-state index contributed by atoms with van der Waals surface area (Å²) in [5, 5.41) is 4.59. The van der Waals surface area contributed by atoms with Crippen LogP contribution in [0.15, 0.2) is 46.9 Å². The lowest BCUT2D eigenvalue weighted by atomic mass is 10.1. The molecule has 0 fully saturated rings. The molecule has 0 aliphatic heterocycles. The van der Waals surface area contributed by atoms with Crippen molar-refractivity contribution in [3.8, 4) is 22.7 Å². The van der Waals surface area contributed by atoms with E-state index in [0.717, 1.165) is 3.57 Å². The molecule has 0 saturated carbocycles. The summed E-state index contributed by atoms with van der Waals surface area (Å²) in [7, 11) is 4.07. The standard InChI is InChI=1S/C20H16BrIN2O5/c1-27-15-10-13(21)12(9-14(15)22)17-16(19(25)28-2)18(20(26)29-3)24(23-17)11-7-5-4-6-8-11/h4-10H,1-3H3. The zero-order valence-electron chi connectivity index (χ0n) is 15.7. The number of carbonyl (C=O) groups excluding carboxylic acids is 2. The molecule has 0 atom stereocenters. The molecular weight excluding hydrogens is 555 g/mol. The topological polar surface area (TPSA) is 79.7 Å². The van der Waals surface area contributed by atoms with Gasteiger partial charge in [0, 0.05) is 10.0 Å². The average molecular weight is 571 g/mol. The van der Waals surface area contributed by atoms with Crippen LogP contribution < -0.4 is 4.74 Å². The van der Waals surface area contributed by atoms with Gasteiger partial charge in [0.1, 0.15) is 17.0 Å². The van der Waals surface area contributed by atoms with E-state index in [1.807, 2.05) is 24.3 Å². The van der Waals surface area contributed by atoms with E-state index >= 15 is 0 Å². The molecule has 0 bridgehead atoms. The number of rotatable bonds is 5. The number of esters is 2. The van der Waals surface area contributed by atoms with Crippen molar-refractivity contribution in [2.75, 3.05) is 21.3 Å². The molecule has 3 rings (SSSR count). The lowest BCUT2D eigenvalue weighted by Gasteiger charge is -2.09. The summed E-state index contributed by atoms with van der Waals surface area (Å²) in [6, 6.07) is 12.6. The van der Waals surface area contributed by atoms with Crippen LogP contribution in [-0.2, 0) is 9.47 Å². The first-order chi connectivity index (χ1) is 13.9. The summed E-state index contributed by atoms with van der Waals surface area (Å²) in [4.78, 5) is 25.3. The largest absolute Gasteiger partial charge is 0.496 e. The Morgan fingerprint density at radius 1 is 1.03 bits per heavy atom. The van der Waals surface area contributed by atoms with E-state index < -0.39 is 11.9 Å². The van der Waals surface area contributed by atoms with Crippen molar-refractivity contribution in [1.82, 2.24) is 9.78 Å². The number of hydrogen-bond acceptors (Lipinski definition) is 6. The number of methoxy groups -OCH3 is 3. The maximum Gasteiger partial charge on any atom is 0.357 e. The summed E-state index contributed by atoms with van der Waals surface area (Å²) in [5.41, 5.74) is 1.50. The lowest BCUT2D eigenvalue weighted by molar-refractivity contribution is 0.0549. The Labute approximate surface area is 189 Å². The normalized spacial score (nSPS) is 10.5. The molecule has 0 amide bonds. The third-order valence-corrected chi connectivity index (χ3v) is 5.65. The zero-order valence-corrected chi connectivity index (χ0v) is 19.5. The first-order valence-electron chi connectivity index (χ1n) is 8.31. The SMILES string of the molecule is COC(=O)c1c(-c2cc(I)c(OC)cc2Br)nn(-c2ccccc2)c1C(=O)OC. The fraction of sp³-hybridized carbons (Fsp3) is 0.150. The molecule has 0 saturated heterocycles. The van der Waals surface area contributed by atoms with Crippen LogP contribution in [0.1, 0.15) is 20.8 Å². The number of ether oxygens (including phenoxy) is 3. The number of halogens is 2. The highest BCUT2D eigenvalue weighted by Crippen LogP contribution is 2.38. The minimum atomic E-state index is -0.702. The van der Waals surface area contributed by atoms with Gasteiger partial charge < -0.3 is 14.2 Å². The second-order valence-corrected chi connectivity index (χ2v) is 7.79. The van der Waals surface area contributed by atoms with Crippen molar-refractivity contribution >= 4 is 50.5 Å². The molecule has 3 aromatic rings. The van der Waals surface area contributed by atoms with Gasteiger partial charge in [-0.2, -0.15) is 5.10 Å². The van der Waals surface area contributed by atoms with Gasteiger partial charge in [-0.1, -0.05) is 18.2 Å². The van der Waals surface area contributed by atoms with Gasteiger partial charge in [-0.05, 0) is 62.8 Å². The molecule has 1 aromatic heterocycles. The van der Waals surface area contributed by atoms with Crippen molar-refractivity contribution in [2.24, 2.45) is 0 Å². The predicted molar refractivity (Wildman–Crippen MR) is 119 cm³/mol. The fourth-order valence-electron chi connectivity index (χ4n) is 2.81. The van der Waals surface area contributed by atoms with Crippen molar-refractivity contribution in [3.63, 3.8) is 0 Å². The third-order valence-electron chi connectivity index (χ3n) is 4.15. The summed E-state index contributed by atoms with van der Waals surface area (Å²) >= 11 is 5.63. The van der Waals surface area contributed by atoms with Gasteiger partial charge in [0.2, 0.25) is 0 Å². The highest BCUT2D eigenvalue weighted by Gasteiger charge is 2.32. The Kier molecular flexibility index (Phi) is 6.58. The Bertz CT molecular complexity index is 1080. The first-order valence-corrected chi connectivity index (χ1v) is 10.2. The van der Waals surface area contributed by atoms with E-state index in [4.69, 9.17) is 14.2 Å². The predicted octanol–water partition coefficient (Wildman–Crippen LogP) is 4.49. The number of benzene rings is 2. The van der Waals surface area contributed by atoms with Crippen LogP contribution >= 0.6 is 38.5 Å². The average Bonchev–Trinajstić information content (AvgIpc) is 3.14.